The molecule has 2 heterocycles. The molecular formula is C28H30N4O. The minimum absolute atomic E-state index is 0.0410. The topological polar surface area (TPSA) is 45.4 Å². The Morgan fingerprint density at radius 1 is 0.879 bits per heavy atom. The third-order valence-corrected chi connectivity index (χ3v) is 6.51. The predicted octanol–water partition coefficient (Wildman–Crippen LogP) is 5.27. The Morgan fingerprint density at radius 2 is 1.52 bits per heavy atom. The summed E-state index contributed by atoms with van der Waals surface area (Å²) in [4.78, 5) is 9.74. The Morgan fingerprint density at radius 3 is 2.12 bits per heavy atom. The lowest BCUT2D eigenvalue weighted by Gasteiger charge is -2.40. The molecule has 0 radical (unpaired) electrons. The van der Waals surface area contributed by atoms with Crippen molar-refractivity contribution in [2.24, 2.45) is 0 Å². The Labute approximate surface area is 195 Å². The van der Waals surface area contributed by atoms with E-state index in [1.807, 2.05) is 12.1 Å². The number of piperazine rings is 1. The molecule has 1 aromatic heterocycles. The van der Waals surface area contributed by atoms with Crippen molar-refractivity contribution in [2.45, 2.75) is 32.4 Å². The molecule has 1 fully saturated rings. The second kappa shape index (κ2) is 9.59. The van der Waals surface area contributed by atoms with Crippen LogP contribution >= 0.6 is 0 Å². The second-order valence-electron chi connectivity index (χ2n) is 8.90. The fourth-order valence-corrected chi connectivity index (χ4v) is 4.63. The van der Waals surface area contributed by atoms with Crippen LogP contribution < -0.4 is 4.90 Å². The molecule has 0 bridgehead atoms. The van der Waals surface area contributed by atoms with E-state index in [9.17, 15) is 0 Å². The standard InChI is InChI=1S/C28H30N4O/c1-21-13-15-25(16-14-21)32-18-17-31(22(2)19-32)20-26-29-28(30-33-26)27(23-9-5-3-6-10-23)24-11-7-4-8-12-24/h3-16,22,27H,17-20H2,1-2H3/t22-/m1/s1. The van der Waals surface area contributed by atoms with Crippen molar-refractivity contribution in [3.05, 3.63) is 113 Å². The van der Waals surface area contributed by atoms with Crippen LogP contribution in [0.1, 0.15) is 41.2 Å². The largest absolute Gasteiger partial charge is 0.369 e. The molecule has 5 rings (SSSR count). The van der Waals surface area contributed by atoms with Crippen LogP contribution in [-0.2, 0) is 6.54 Å². The van der Waals surface area contributed by atoms with Crippen LogP contribution in [0.5, 0.6) is 0 Å². The number of rotatable bonds is 6. The highest BCUT2D eigenvalue weighted by Crippen LogP contribution is 2.30. The summed E-state index contributed by atoms with van der Waals surface area (Å²) in [6, 6.07) is 30.0. The lowest BCUT2D eigenvalue weighted by molar-refractivity contribution is 0.159. The normalized spacial score (nSPS) is 16.9. The molecule has 3 aromatic carbocycles. The molecule has 5 nitrogen and oxygen atoms in total. The van der Waals surface area contributed by atoms with Crippen molar-refractivity contribution in [1.29, 1.82) is 0 Å². The zero-order chi connectivity index (χ0) is 22.6. The number of benzene rings is 3. The van der Waals surface area contributed by atoms with Gasteiger partial charge in [-0.25, -0.2) is 0 Å². The monoisotopic (exact) mass is 438 g/mol. The van der Waals surface area contributed by atoms with Crippen LogP contribution in [0.4, 0.5) is 5.69 Å². The average Bonchev–Trinajstić information content (AvgIpc) is 3.30. The zero-order valence-electron chi connectivity index (χ0n) is 19.3. The molecule has 0 unspecified atom stereocenters. The van der Waals surface area contributed by atoms with Crippen molar-refractivity contribution in [3.8, 4) is 0 Å². The maximum Gasteiger partial charge on any atom is 0.240 e. The van der Waals surface area contributed by atoms with E-state index in [0.29, 0.717) is 24.3 Å². The summed E-state index contributed by atoms with van der Waals surface area (Å²) < 4.78 is 5.75. The van der Waals surface area contributed by atoms with Gasteiger partial charge >= 0.3 is 0 Å². The van der Waals surface area contributed by atoms with Crippen LogP contribution in [0.3, 0.4) is 0 Å². The SMILES string of the molecule is Cc1ccc(N2CCN(Cc3nc(C(c4ccccc4)c4ccccc4)no3)[C@H](C)C2)cc1. The van der Waals surface area contributed by atoms with Gasteiger partial charge in [0.1, 0.15) is 0 Å². The van der Waals surface area contributed by atoms with Gasteiger partial charge in [0.25, 0.3) is 0 Å². The van der Waals surface area contributed by atoms with E-state index in [0.717, 1.165) is 30.8 Å². The molecule has 168 valence electrons. The van der Waals surface area contributed by atoms with E-state index in [1.165, 1.54) is 11.3 Å². The van der Waals surface area contributed by atoms with E-state index in [1.54, 1.807) is 0 Å². The zero-order valence-corrected chi connectivity index (χ0v) is 19.3. The minimum atomic E-state index is -0.0410. The van der Waals surface area contributed by atoms with Crippen LogP contribution in [0.15, 0.2) is 89.5 Å². The third-order valence-electron chi connectivity index (χ3n) is 6.51. The van der Waals surface area contributed by atoms with E-state index in [4.69, 9.17) is 9.51 Å². The second-order valence-corrected chi connectivity index (χ2v) is 8.90. The van der Waals surface area contributed by atoms with Crippen LogP contribution in [-0.4, -0.2) is 40.7 Å². The molecule has 0 spiro atoms. The molecule has 4 aromatic rings. The lowest BCUT2D eigenvalue weighted by Crippen LogP contribution is -2.51. The minimum Gasteiger partial charge on any atom is -0.369 e. The van der Waals surface area contributed by atoms with Gasteiger partial charge in [0, 0.05) is 31.4 Å². The first-order valence-corrected chi connectivity index (χ1v) is 11.7. The average molecular weight is 439 g/mol. The van der Waals surface area contributed by atoms with Gasteiger partial charge in [0.05, 0.1) is 12.5 Å². The quantitative estimate of drug-likeness (QED) is 0.410. The molecule has 5 heteroatoms. The molecule has 0 aliphatic carbocycles. The molecule has 0 amide bonds. The fraction of sp³-hybridized carbons (Fsp3) is 0.286. The van der Waals surface area contributed by atoms with Gasteiger partial charge in [-0.15, -0.1) is 0 Å². The Kier molecular flexibility index (Phi) is 6.22. The predicted molar refractivity (Wildman–Crippen MR) is 131 cm³/mol. The first kappa shape index (κ1) is 21.4. The smallest absolute Gasteiger partial charge is 0.240 e. The van der Waals surface area contributed by atoms with E-state index >= 15 is 0 Å². The maximum absolute atomic E-state index is 5.75. The van der Waals surface area contributed by atoms with Gasteiger partial charge in [0.2, 0.25) is 5.89 Å². The number of hydrogen-bond donors (Lipinski definition) is 0. The van der Waals surface area contributed by atoms with Gasteiger partial charge in [-0.3, -0.25) is 4.90 Å². The molecule has 1 saturated heterocycles. The van der Waals surface area contributed by atoms with Gasteiger partial charge in [-0.05, 0) is 37.1 Å². The van der Waals surface area contributed by atoms with Crippen molar-refractivity contribution < 1.29 is 4.52 Å². The Hall–Kier alpha value is -3.44. The summed E-state index contributed by atoms with van der Waals surface area (Å²) in [6.07, 6.45) is 0. The third kappa shape index (κ3) is 4.83. The summed E-state index contributed by atoms with van der Waals surface area (Å²) in [5.41, 5.74) is 4.91. The van der Waals surface area contributed by atoms with Crippen molar-refractivity contribution in [2.75, 3.05) is 24.5 Å². The number of anilines is 1. The van der Waals surface area contributed by atoms with Crippen molar-refractivity contribution in [1.82, 2.24) is 15.0 Å². The van der Waals surface area contributed by atoms with E-state index in [-0.39, 0.29) is 5.92 Å². The number of hydrogen-bond acceptors (Lipinski definition) is 5. The van der Waals surface area contributed by atoms with Crippen LogP contribution in [0.2, 0.25) is 0 Å². The maximum atomic E-state index is 5.75. The summed E-state index contributed by atoms with van der Waals surface area (Å²) >= 11 is 0. The Balaban J connectivity index is 1.31. The van der Waals surface area contributed by atoms with Gasteiger partial charge in [-0.1, -0.05) is 83.5 Å². The Bertz CT molecular complexity index is 1120. The number of aromatic nitrogens is 2. The summed E-state index contributed by atoms with van der Waals surface area (Å²) in [5.74, 6) is 1.35. The number of nitrogens with zero attached hydrogens (tertiary/aromatic N) is 4. The molecule has 1 aliphatic rings. The number of aryl methyl sites for hydroxylation is 1. The van der Waals surface area contributed by atoms with Crippen molar-refractivity contribution >= 4 is 5.69 Å². The summed E-state index contributed by atoms with van der Waals surface area (Å²) in [7, 11) is 0. The van der Waals surface area contributed by atoms with Crippen LogP contribution in [0, 0.1) is 6.92 Å². The molecular weight excluding hydrogens is 408 g/mol. The highest BCUT2D eigenvalue weighted by molar-refractivity contribution is 5.48. The van der Waals surface area contributed by atoms with E-state index in [2.05, 4.69) is 102 Å². The summed E-state index contributed by atoms with van der Waals surface area (Å²) in [6.45, 7) is 8.02. The first-order chi connectivity index (χ1) is 16.2. The van der Waals surface area contributed by atoms with Gasteiger partial charge < -0.3 is 9.42 Å². The molecule has 0 saturated carbocycles. The van der Waals surface area contributed by atoms with Gasteiger partial charge in [-0.2, -0.15) is 4.98 Å². The van der Waals surface area contributed by atoms with Crippen molar-refractivity contribution in [3.63, 3.8) is 0 Å². The first-order valence-electron chi connectivity index (χ1n) is 11.7. The highest BCUT2D eigenvalue weighted by Gasteiger charge is 2.27. The fourth-order valence-electron chi connectivity index (χ4n) is 4.63. The van der Waals surface area contributed by atoms with E-state index < -0.39 is 0 Å². The molecule has 0 N–H and O–H groups in total. The lowest BCUT2D eigenvalue weighted by atomic mass is 9.91. The van der Waals surface area contributed by atoms with Gasteiger partial charge in [0.15, 0.2) is 5.82 Å². The molecule has 33 heavy (non-hydrogen) atoms. The summed E-state index contributed by atoms with van der Waals surface area (Å²) in [5, 5.41) is 4.41. The molecule has 1 atom stereocenters. The van der Waals surface area contributed by atoms with Crippen LogP contribution in [0.25, 0.3) is 0 Å². The highest BCUT2D eigenvalue weighted by atomic mass is 16.5. The molecule has 1 aliphatic heterocycles.